The standard InChI is InChI=1S/C18H23NO2S/c1-2-12-20-17-6-8-18(9-7-17)21-13-15-22-14-10-16-5-3-4-11-19-16/h3-9,11H,2,10,12-15H2,1H3. The second-order valence-electron chi connectivity index (χ2n) is 4.85. The van der Waals surface area contributed by atoms with Gasteiger partial charge >= 0.3 is 0 Å². The summed E-state index contributed by atoms with van der Waals surface area (Å²) in [5.41, 5.74) is 1.15. The van der Waals surface area contributed by atoms with Gasteiger partial charge in [-0.15, -0.1) is 0 Å². The Morgan fingerprint density at radius 1 is 0.909 bits per heavy atom. The molecule has 0 fully saturated rings. The van der Waals surface area contributed by atoms with Crippen LogP contribution in [0.1, 0.15) is 19.0 Å². The summed E-state index contributed by atoms with van der Waals surface area (Å²) < 4.78 is 11.3. The molecule has 0 unspecified atom stereocenters. The Labute approximate surface area is 137 Å². The van der Waals surface area contributed by atoms with Crippen LogP contribution in [-0.4, -0.2) is 29.7 Å². The fraction of sp³-hybridized carbons (Fsp3) is 0.389. The van der Waals surface area contributed by atoms with Crippen molar-refractivity contribution < 1.29 is 9.47 Å². The van der Waals surface area contributed by atoms with Crippen molar-refractivity contribution in [3.63, 3.8) is 0 Å². The van der Waals surface area contributed by atoms with Crippen molar-refractivity contribution in [2.24, 2.45) is 0 Å². The minimum atomic E-state index is 0.724. The lowest BCUT2D eigenvalue weighted by atomic mass is 10.3. The van der Waals surface area contributed by atoms with Gasteiger partial charge in [-0.05, 0) is 55.0 Å². The molecule has 22 heavy (non-hydrogen) atoms. The number of benzene rings is 1. The molecule has 0 N–H and O–H groups in total. The molecule has 4 heteroatoms. The lowest BCUT2D eigenvalue weighted by Crippen LogP contribution is -2.02. The highest BCUT2D eigenvalue weighted by Crippen LogP contribution is 2.18. The zero-order valence-corrected chi connectivity index (χ0v) is 13.8. The van der Waals surface area contributed by atoms with Crippen LogP contribution in [0.2, 0.25) is 0 Å². The summed E-state index contributed by atoms with van der Waals surface area (Å²) in [7, 11) is 0. The van der Waals surface area contributed by atoms with Crippen LogP contribution >= 0.6 is 11.8 Å². The molecule has 0 aliphatic carbocycles. The molecule has 2 rings (SSSR count). The number of hydrogen-bond donors (Lipinski definition) is 0. The van der Waals surface area contributed by atoms with Gasteiger partial charge in [-0.2, -0.15) is 11.8 Å². The Hall–Kier alpha value is -1.68. The largest absolute Gasteiger partial charge is 0.494 e. The molecule has 1 aromatic carbocycles. The molecule has 0 saturated carbocycles. The number of ether oxygens (including phenoxy) is 2. The zero-order valence-electron chi connectivity index (χ0n) is 13.0. The molecule has 0 atom stereocenters. The van der Waals surface area contributed by atoms with Crippen LogP contribution in [0.15, 0.2) is 48.7 Å². The molecule has 0 saturated heterocycles. The summed E-state index contributed by atoms with van der Waals surface area (Å²) in [5, 5.41) is 0. The van der Waals surface area contributed by atoms with Crippen molar-refractivity contribution in [1.29, 1.82) is 0 Å². The van der Waals surface area contributed by atoms with E-state index >= 15 is 0 Å². The fourth-order valence-corrected chi connectivity index (χ4v) is 2.65. The number of hydrogen-bond acceptors (Lipinski definition) is 4. The van der Waals surface area contributed by atoms with Gasteiger partial charge in [-0.25, -0.2) is 0 Å². The van der Waals surface area contributed by atoms with Crippen LogP contribution < -0.4 is 9.47 Å². The first-order valence-electron chi connectivity index (χ1n) is 7.72. The van der Waals surface area contributed by atoms with E-state index in [0.717, 1.165) is 54.8 Å². The highest BCUT2D eigenvalue weighted by Gasteiger charge is 1.97. The van der Waals surface area contributed by atoms with Crippen LogP contribution in [-0.2, 0) is 6.42 Å². The van der Waals surface area contributed by atoms with Crippen molar-refractivity contribution in [1.82, 2.24) is 4.98 Å². The van der Waals surface area contributed by atoms with Crippen LogP contribution in [0.4, 0.5) is 0 Å². The van der Waals surface area contributed by atoms with E-state index in [0.29, 0.717) is 0 Å². The van der Waals surface area contributed by atoms with Crippen LogP contribution in [0.25, 0.3) is 0 Å². The lowest BCUT2D eigenvalue weighted by Gasteiger charge is -2.08. The summed E-state index contributed by atoms with van der Waals surface area (Å²) >= 11 is 1.89. The van der Waals surface area contributed by atoms with Crippen molar-refractivity contribution in [3.8, 4) is 11.5 Å². The maximum absolute atomic E-state index is 5.73. The molecule has 0 aliphatic rings. The Bertz CT molecular complexity index is 516. The van der Waals surface area contributed by atoms with Crippen molar-refractivity contribution in [2.75, 3.05) is 24.7 Å². The van der Waals surface area contributed by atoms with Gasteiger partial charge in [-0.3, -0.25) is 4.98 Å². The van der Waals surface area contributed by atoms with E-state index in [1.165, 1.54) is 0 Å². The number of rotatable bonds is 10. The second-order valence-corrected chi connectivity index (χ2v) is 6.08. The molecule has 1 heterocycles. The monoisotopic (exact) mass is 317 g/mol. The predicted molar refractivity (Wildman–Crippen MR) is 93.0 cm³/mol. The Morgan fingerprint density at radius 2 is 1.64 bits per heavy atom. The minimum absolute atomic E-state index is 0.724. The molecule has 0 spiro atoms. The third-order valence-electron chi connectivity index (χ3n) is 3.02. The van der Waals surface area contributed by atoms with Gasteiger partial charge in [0.25, 0.3) is 0 Å². The summed E-state index contributed by atoms with van der Waals surface area (Å²) in [4.78, 5) is 4.32. The zero-order chi connectivity index (χ0) is 15.5. The third kappa shape index (κ3) is 6.39. The molecule has 0 aliphatic heterocycles. The molecule has 0 radical (unpaired) electrons. The predicted octanol–water partition coefficient (Wildman–Crippen LogP) is 4.23. The summed E-state index contributed by atoms with van der Waals surface area (Å²) in [6.45, 7) is 3.58. The molecule has 118 valence electrons. The highest BCUT2D eigenvalue weighted by atomic mass is 32.2. The Kier molecular flexibility index (Phi) is 7.67. The lowest BCUT2D eigenvalue weighted by molar-refractivity contribution is 0.314. The van der Waals surface area contributed by atoms with E-state index in [4.69, 9.17) is 9.47 Å². The first-order chi connectivity index (χ1) is 10.9. The average molecular weight is 317 g/mol. The van der Waals surface area contributed by atoms with Gasteiger partial charge in [0.05, 0.1) is 13.2 Å². The Morgan fingerprint density at radius 3 is 2.27 bits per heavy atom. The van der Waals surface area contributed by atoms with Gasteiger partial charge < -0.3 is 9.47 Å². The van der Waals surface area contributed by atoms with Gasteiger partial charge in [0, 0.05) is 17.6 Å². The number of nitrogens with zero attached hydrogens (tertiary/aromatic N) is 1. The quantitative estimate of drug-likeness (QED) is 0.614. The van der Waals surface area contributed by atoms with Gasteiger partial charge in [0.2, 0.25) is 0 Å². The van der Waals surface area contributed by atoms with Crippen molar-refractivity contribution in [3.05, 3.63) is 54.4 Å². The molecule has 0 bridgehead atoms. The molecule has 0 amide bonds. The summed E-state index contributed by atoms with van der Waals surface area (Å²) in [5.74, 6) is 3.86. The SMILES string of the molecule is CCCOc1ccc(OCCSCCc2ccccn2)cc1. The molecule has 1 aromatic heterocycles. The van der Waals surface area contributed by atoms with E-state index in [1.54, 1.807) is 0 Å². The smallest absolute Gasteiger partial charge is 0.119 e. The van der Waals surface area contributed by atoms with Crippen molar-refractivity contribution >= 4 is 11.8 Å². The number of thioether (sulfide) groups is 1. The van der Waals surface area contributed by atoms with Gasteiger partial charge in [-0.1, -0.05) is 13.0 Å². The fourth-order valence-electron chi connectivity index (χ4n) is 1.90. The van der Waals surface area contributed by atoms with E-state index in [9.17, 15) is 0 Å². The highest BCUT2D eigenvalue weighted by molar-refractivity contribution is 7.99. The van der Waals surface area contributed by atoms with Gasteiger partial charge in [0.1, 0.15) is 11.5 Å². The molecular weight excluding hydrogens is 294 g/mol. The Balaban J connectivity index is 1.56. The number of aromatic nitrogens is 1. The molecule has 2 aromatic rings. The number of aryl methyl sites for hydroxylation is 1. The average Bonchev–Trinajstić information content (AvgIpc) is 2.58. The summed E-state index contributed by atoms with van der Waals surface area (Å²) in [6, 6.07) is 13.9. The van der Waals surface area contributed by atoms with E-state index in [1.807, 2.05) is 54.4 Å². The second kappa shape index (κ2) is 10.1. The van der Waals surface area contributed by atoms with Crippen LogP contribution in [0, 0.1) is 0 Å². The molecule has 3 nitrogen and oxygen atoms in total. The first kappa shape index (κ1) is 16.7. The van der Waals surface area contributed by atoms with E-state index in [2.05, 4.69) is 18.0 Å². The number of pyridine rings is 1. The maximum atomic E-state index is 5.73. The topological polar surface area (TPSA) is 31.4 Å². The minimum Gasteiger partial charge on any atom is -0.494 e. The van der Waals surface area contributed by atoms with Crippen molar-refractivity contribution in [2.45, 2.75) is 19.8 Å². The van der Waals surface area contributed by atoms with Gasteiger partial charge in [0.15, 0.2) is 0 Å². The third-order valence-corrected chi connectivity index (χ3v) is 3.97. The van der Waals surface area contributed by atoms with Crippen LogP contribution in [0.5, 0.6) is 11.5 Å². The first-order valence-corrected chi connectivity index (χ1v) is 8.87. The normalized spacial score (nSPS) is 10.4. The maximum Gasteiger partial charge on any atom is 0.119 e. The van der Waals surface area contributed by atoms with E-state index < -0.39 is 0 Å². The molecular formula is C18H23NO2S. The summed E-state index contributed by atoms with van der Waals surface area (Å²) in [6.07, 6.45) is 3.87. The van der Waals surface area contributed by atoms with Crippen LogP contribution in [0.3, 0.4) is 0 Å². The van der Waals surface area contributed by atoms with E-state index in [-0.39, 0.29) is 0 Å².